The van der Waals surface area contributed by atoms with Gasteiger partial charge in [0.2, 0.25) is 0 Å². The van der Waals surface area contributed by atoms with Crippen LogP contribution in [0.4, 0.5) is 4.39 Å². The number of aryl methyl sites for hydroxylation is 1. The number of halogens is 2. The largest absolute Gasteiger partial charge is 0.390 e. The van der Waals surface area contributed by atoms with Crippen LogP contribution in [-0.2, 0) is 6.42 Å². The van der Waals surface area contributed by atoms with E-state index in [9.17, 15) is 9.50 Å². The summed E-state index contributed by atoms with van der Waals surface area (Å²) in [7, 11) is 0. The average molecular weight is 274 g/mol. The maximum Gasteiger partial charge on any atom is 0.123 e. The van der Waals surface area contributed by atoms with Gasteiger partial charge >= 0.3 is 0 Å². The molecule has 1 aliphatic heterocycles. The van der Waals surface area contributed by atoms with Gasteiger partial charge in [-0.25, -0.2) is 4.39 Å². The molecule has 0 saturated carbocycles. The van der Waals surface area contributed by atoms with Crippen molar-refractivity contribution in [2.24, 2.45) is 0 Å². The number of nitrogens with one attached hydrogen (secondary N) is 1. The molecule has 1 aromatic rings. The van der Waals surface area contributed by atoms with Crippen molar-refractivity contribution in [3.63, 3.8) is 0 Å². The van der Waals surface area contributed by atoms with Crippen molar-refractivity contribution in [3.8, 4) is 0 Å². The number of hydrogen-bond donors (Lipinski definition) is 2. The minimum absolute atomic E-state index is 0. The monoisotopic (exact) mass is 273 g/mol. The summed E-state index contributed by atoms with van der Waals surface area (Å²) >= 11 is 0. The fourth-order valence-electron chi connectivity index (χ4n) is 2.41. The lowest BCUT2D eigenvalue weighted by atomic mass is 9.87. The van der Waals surface area contributed by atoms with Crippen LogP contribution in [0.3, 0.4) is 0 Å². The van der Waals surface area contributed by atoms with Crippen molar-refractivity contribution >= 4 is 12.4 Å². The molecule has 0 amide bonds. The highest BCUT2D eigenvalue weighted by Crippen LogP contribution is 2.24. The van der Waals surface area contributed by atoms with Gasteiger partial charge in [0.1, 0.15) is 5.82 Å². The Morgan fingerprint density at radius 2 is 1.78 bits per heavy atom. The predicted molar refractivity (Wildman–Crippen MR) is 73.6 cm³/mol. The number of hydrogen-bond acceptors (Lipinski definition) is 2. The lowest BCUT2D eigenvalue weighted by Crippen LogP contribution is -2.41. The number of aliphatic hydroxyl groups is 1. The number of benzene rings is 1. The van der Waals surface area contributed by atoms with E-state index < -0.39 is 5.60 Å². The maximum atomic E-state index is 12.7. The van der Waals surface area contributed by atoms with Crippen LogP contribution >= 0.6 is 12.4 Å². The number of rotatable bonds is 4. The summed E-state index contributed by atoms with van der Waals surface area (Å²) in [6, 6.07) is 6.63. The Morgan fingerprint density at radius 1 is 1.17 bits per heavy atom. The molecule has 0 aliphatic carbocycles. The molecule has 0 aromatic heterocycles. The molecule has 1 heterocycles. The van der Waals surface area contributed by atoms with Crippen molar-refractivity contribution in [2.45, 2.75) is 37.7 Å². The SMILES string of the molecule is Cl.OC1(CCCc2ccc(F)cc2)CCNCC1. The van der Waals surface area contributed by atoms with E-state index in [0.717, 1.165) is 50.8 Å². The molecule has 0 atom stereocenters. The molecule has 0 spiro atoms. The van der Waals surface area contributed by atoms with E-state index in [1.807, 2.05) is 12.1 Å². The van der Waals surface area contributed by atoms with Gasteiger partial charge in [-0.1, -0.05) is 12.1 Å². The Bertz CT molecular complexity index is 349. The summed E-state index contributed by atoms with van der Waals surface area (Å²) in [6.45, 7) is 1.82. The molecule has 0 unspecified atom stereocenters. The van der Waals surface area contributed by atoms with Gasteiger partial charge < -0.3 is 10.4 Å². The van der Waals surface area contributed by atoms with Gasteiger partial charge in [0.25, 0.3) is 0 Å². The smallest absolute Gasteiger partial charge is 0.123 e. The van der Waals surface area contributed by atoms with Crippen LogP contribution in [0.2, 0.25) is 0 Å². The zero-order valence-corrected chi connectivity index (χ0v) is 11.3. The van der Waals surface area contributed by atoms with Crippen molar-refractivity contribution < 1.29 is 9.50 Å². The fourth-order valence-corrected chi connectivity index (χ4v) is 2.41. The first kappa shape index (κ1) is 15.4. The van der Waals surface area contributed by atoms with E-state index in [1.165, 1.54) is 12.1 Å². The second kappa shape index (κ2) is 7.07. The summed E-state index contributed by atoms with van der Waals surface area (Å²) in [4.78, 5) is 0. The number of piperidine rings is 1. The molecule has 2 nitrogen and oxygen atoms in total. The first-order valence-electron chi connectivity index (χ1n) is 6.36. The molecule has 1 aromatic carbocycles. The van der Waals surface area contributed by atoms with Crippen LogP contribution < -0.4 is 5.32 Å². The molecule has 4 heteroatoms. The lowest BCUT2D eigenvalue weighted by Gasteiger charge is -2.32. The first-order chi connectivity index (χ1) is 8.18. The quantitative estimate of drug-likeness (QED) is 0.884. The molecule has 2 rings (SSSR count). The van der Waals surface area contributed by atoms with Gasteiger partial charge in [-0.15, -0.1) is 12.4 Å². The summed E-state index contributed by atoms with van der Waals surface area (Å²) in [5.74, 6) is -0.189. The third-order valence-electron chi connectivity index (χ3n) is 3.56. The van der Waals surface area contributed by atoms with E-state index >= 15 is 0 Å². The Hall–Kier alpha value is -0.640. The molecule has 1 saturated heterocycles. The molecule has 1 fully saturated rings. The molecule has 1 aliphatic rings. The second-order valence-electron chi connectivity index (χ2n) is 4.95. The Kier molecular flexibility index (Phi) is 6.06. The van der Waals surface area contributed by atoms with Gasteiger partial charge in [0.05, 0.1) is 5.60 Å². The predicted octanol–water partition coefficient (Wildman–Crippen LogP) is 2.68. The van der Waals surface area contributed by atoms with Gasteiger partial charge in [0, 0.05) is 0 Å². The molecule has 2 N–H and O–H groups in total. The van der Waals surface area contributed by atoms with Crippen LogP contribution in [0.25, 0.3) is 0 Å². The topological polar surface area (TPSA) is 32.3 Å². The highest BCUT2D eigenvalue weighted by atomic mass is 35.5. The summed E-state index contributed by atoms with van der Waals surface area (Å²) < 4.78 is 12.7. The summed E-state index contributed by atoms with van der Waals surface area (Å²) in [5, 5.41) is 13.5. The van der Waals surface area contributed by atoms with E-state index in [2.05, 4.69) is 5.32 Å². The van der Waals surface area contributed by atoms with Crippen LogP contribution in [-0.4, -0.2) is 23.8 Å². The third-order valence-corrected chi connectivity index (χ3v) is 3.56. The van der Waals surface area contributed by atoms with Gasteiger partial charge in [-0.2, -0.15) is 0 Å². The van der Waals surface area contributed by atoms with Crippen molar-refractivity contribution in [1.29, 1.82) is 0 Å². The van der Waals surface area contributed by atoms with Gasteiger partial charge in [0.15, 0.2) is 0 Å². The zero-order valence-electron chi connectivity index (χ0n) is 10.5. The van der Waals surface area contributed by atoms with Crippen molar-refractivity contribution in [1.82, 2.24) is 5.32 Å². The lowest BCUT2D eigenvalue weighted by molar-refractivity contribution is 0.000920. The van der Waals surface area contributed by atoms with Gasteiger partial charge in [-0.05, 0) is 62.9 Å². The van der Waals surface area contributed by atoms with Gasteiger partial charge in [-0.3, -0.25) is 0 Å². The molecule has 18 heavy (non-hydrogen) atoms. The summed E-state index contributed by atoms with van der Waals surface area (Å²) in [5.41, 5.74) is 0.662. The first-order valence-corrected chi connectivity index (χ1v) is 6.36. The molecule has 0 radical (unpaired) electrons. The highest BCUT2D eigenvalue weighted by Gasteiger charge is 2.27. The Balaban J connectivity index is 0.00000162. The van der Waals surface area contributed by atoms with Crippen molar-refractivity contribution in [2.75, 3.05) is 13.1 Å². The van der Waals surface area contributed by atoms with Crippen LogP contribution in [0.1, 0.15) is 31.2 Å². The minimum Gasteiger partial charge on any atom is -0.390 e. The fraction of sp³-hybridized carbons (Fsp3) is 0.571. The van der Waals surface area contributed by atoms with E-state index in [4.69, 9.17) is 0 Å². The van der Waals surface area contributed by atoms with E-state index in [1.54, 1.807) is 0 Å². The molecule has 0 bridgehead atoms. The van der Waals surface area contributed by atoms with Crippen LogP contribution in [0.5, 0.6) is 0 Å². The molecule has 102 valence electrons. The minimum atomic E-state index is -0.481. The third kappa shape index (κ3) is 4.56. The van der Waals surface area contributed by atoms with E-state index in [-0.39, 0.29) is 18.2 Å². The zero-order chi connectivity index (χ0) is 12.1. The normalized spacial score (nSPS) is 18.1. The standard InChI is InChI=1S/C14H20FNO.ClH/c15-13-5-3-12(4-6-13)2-1-7-14(17)8-10-16-11-9-14;/h3-6,16-17H,1-2,7-11H2;1H. The average Bonchev–Trinajstić information content (AvgIpc) is 2.32. The Labute approximate surface area is 114 Å². The Morgan fingerprint density at radius 3 is 2.39 bits per heavy atom. The molecular weight excluding hydrogens is 253 g/mol. The highest BCUT2D eigenvalue weighted by molar-refractivity contribution is 5.85. The van der Waals surface area contributed by atoms with Crippen LogP contribution in [0.15, 0.2) is 24.3 Å². The maximum absolute atomic E-state index is 12.7. The van der Waals surface area contributed by atoms with Crippen LogP contribution in [0, 0.1) is 5.82 Å². The van der Waals surface area contributed by atoms with Crippen molar-refractivity contribution in [3.05, 3.63) is 35.6 Å². The molecular formula is C14H21ClFNO. The van der Waals surface area contributed by atoms with E-state index in [0.29, 0.717) is 0 Å². The summed E-state index contributed by atoms with van der Waals surface area (Å²) in [6.07, 6.45) is 4.40. The second-order valence-corrected chi connectivity index (χ2v) is 4.95.